The summed E-state index contributed by atoms with van der Waals surface area (Å²) in [5.74, 6) is 0.277. The zero-order valence-corrected chi connectivity index (χ0v) is 11.6. The number of nitriles is 1. The third-order valence-electron chi connectivity index (χ3n) is 3.01. The quantitative estimate of drug-likeness (QED) is 0.831. The van der Waals surface area contributed by atoms with E-state index in [2.05, 4.69) is 37.4 Å². The maximum Gasteiger partial charge on any atom is 0.228 e. The maximum absolute atomic E-state index is 13.3. The van der Waals surface area contributed by atoms with Crippen LogP contribution in [0, 0.1) is 17.1 Å². The lowest BCUT2D eigenvalue weighted by Crippen LogP contribution is -2.27. The van der Waals surface area contributed by atoms with E-state index in [1.807, 2.05) is 0 Å². The van der Waals surface area contributed by atoms with Crippen LogP contribution in [-0.4, -0.2) is 14.8 Å². The van der Waals surface area contributed by atoms with E-state index in [0.29, 0.717) is 21.6 Å². The number of rotatable bonds is 1. The zero-order chi connectivity index (χ0) is 14.3. The number of nitrogens with two attached hydrogens (primary N) is 1. The predicted octanol–water partition coefficient (Wildman–Crippen LogP) is 2.00. The van der Waals surface area contributed by atoms with Gasteiger partial charge in [0.2, 0.25) is 5.95 Å². The summed E-state index contributed by atoms with van der Waals surface area (Å²) in [5, 5.41) is 16.3. The molecule has 0 amide bonds. The fraction of sp³-hybridized carbons (Fsp3) is 0.0833. The van der Waals surface area contributed by atoms with Gasteiger partial charge in [-0.3, -0.25) is 0 Å². The first kappa shape index (κ1) is 12.6. The summed E-state index contributed by atoms with van der Waals surface area (Å²) in [6, 6.07) is 6.09. The third kappa shape index (κ3) is 1.83. The Morgan fingerprint density at radius 2 is 2.30 bits per heavy atom. The smallest absolute Gasteiger partial charge is 0.228 e. The molecule has 1 aromatic carbocycles. The van der Waals surface area contributed by atoms with Gasteiger partial charge in [0.1, 0.15) is 24.0 Å². The number of fused-ring (bicyclic) bond motifs is 1. The van der Waals surface area contributed by atoms with Gasteiger partial charge in [0, 0.05) is 0 Å². The molecule has 20 heavy (non-hydrogen) atoms. The van der Waals surface area contributed by atoms with Crippen LogP contribution in [0.5, 0.6) is 0 Å². The van der Waals surface area contributed by atoms with Crippen LogP contribution in [0.1, 0.15) is 11.6 Å². The second-order valence-electron chi connectivity index (χ2n) is 4.16. The van der Waals surface area contributed by atoms with E-state index in [-0.39, 0.29) is 11.6 Å². The number of aromatic nitrogens is 3. The van der Waals surface area contributed by atoms with Crippen molar-refractivity contribution in [1.29, 1.82) is 5.26 Å². The van der Waals surface area contributed by atoms with Crippen LogP contribution in [0.15, 0.2) is 34.6 Å². The average Bonchev–Trinajstić information content (AvgIpc) is 2.90. The molecule has 0 saturated heterocycles. The molecule has 0 fully saturated rings. The van der Waals surface area contributed by atoms with E-state index in [0.717, 1.165) is 0 Å². The number of nitrogens with zero attached hydrogens (tertiary/aromatic N) is 4. The number of hydrogen-bond acceptors (Lipinski definition) is 5. The lowest BCUT2D eigenvalue weighted by Gasteiger charge is -2.25. The average molecular weight is 335 g/mol. The second kappa shape index (κ2) is 4.61. The van der Waals surface area contributed by atoms with Gasteiger partial charge in [0.25, 0.3) is 0 Å². The van der Waals surface area contributed by atoms with Crippen LogP contribution < -0.4 is 11.1 Å². The summed E-state index contributed by atoms with van der Waals surface area (Å²) in [6.45, 7) is 0. The van der Waals surface area contributed by atoms with E-state index in [1.54, 1.807) is 12.1 Å². The minimum atomic E-state index is -0.492. The fourth-order valence-corrected chi connectivity index (χ4v) is 2.44. The lowest BCUT2D eigenvalue weighted by molar-refractivity contribution is 0.619. The molecule has 2 heterocycles. The van der Waals surface area contributed by atoms with Gasteiger partial charge >= 0.3 is 0 Å². The van der Waals surface area contributed by atoms with Crippen molar-refractivity contribution < 1.29 is 4.39 Å². The van der Waals surface area contributed by atoms with Crippen molar-refractivity contribution in [2.75, 3.05) is 5.32 Å². The summed E-state index contributed by atoms with van der Waals surface area (Å²) in [6.07, 6.45) is 1.34. The molecule has 0 unspecified atom stereocenters. The normalized spacial score (nSPS) is 17.4. The van der Waals surface area contributed by atoms with E-state index in [1.165, 1.54) is 17.1 Å². The first-order valence-corrected chi connectivity index (χ1v) is 6.42. The molecule has 8 heteroatoms. The first-order valence-electron chi connectivity index (χ1n) is 5.63. The number of hydrogen-bond donors (Lipinski definition) is 2. The van der Waals surface area contributed by atoms with Crippen molar-refractivity contribution in [2.45, 2.75) is 6.04 Å². The van der Waals surface area contributed by atoms with E-state index in [4.69, 9.17) is 5.73 Å². The molecular weight excluding hydrogens is 327 g/mol. The molecular formula is C12H8BrFN6. The number of halogens is 2. The number of nitrogens with one attached hydrogen (secondary N) is 1. The molecule has 2 aromatic rings. The minimum absolute atomic E-state index is 0.212. The van der Waals surface area contributed by atoms with Gasteiger partial charge in [0.05, 0.1) is 16.1 Å². The Kier molecular flexibility index (Phi) is 2.91. The number of benzene rings is 1. The Bertz CT molecular complexity index is 760. The van der Waals surface area contributed by atoms with Crippen LogP contribution >= 0.6 is 15.9 Å². The topological polar surface area (TPSA) is 92.5 Å². The molecule has 0 saturated carbocycles. The molecule has 0 bridgehead atoms. The van der Waals surface area contributed by atoms with Crippen molar-refractivity contribution in [3.05, 3.63) is 46.0 Å². The van der Waals surface area contributed by atoms with Crippen LogP contribution in [0.25, 0.3) is 5.82 Å². The van der Waals surface area contributed by atoms with Gasteiger partial charge in [-0.05, 0) is 33.6 Å². The molecule has 6 nitrogen and oxygen atoms in total. The van der Waals surface area contributed by atoms with E-state index < -0.39 is 6.04 Å². The summed E-state index contributed by atoms with van der Waals surface area (Å²) in [4.78, 5) is 4.02. The molecule has 3 N–H and O–H groups in total. The highest BCUT2D eigenvalue weighted by Crippen LogP contribution is 2.33. The molecule has 1 aromatic heterocycles. The van der Waals surface area contributed by atoms with E-state index in [9.17, 15) is 9.65 Å². The Morgan fingerprint density at radius 1 is 1.50 bits per heavy atom. The SMILES string of the molecule is N#CC1=C(N)n2ncnc2N[C@@H]1c1ccc(F)c(Br)c1. The predicted molar refractivity (Wildman–Crippen MR) is 73.5 cm³/mol. The Morgan fingerprint density at radius 3 is 3.00 bits per heavy atom. The van der Waals surface area contributed by atoms with Crippen molar-refractivity contribution in [3.8, 4) is 6.07 Å². The van der Waals surface area contributed by atoms with Gasteiger partial charge in [-0.1, -0.05) is 6.07 Å². The monoisotopic (exact) mass is 334 g/mol. The van der Waals surface area contributed by atoms with Crippen LogP contribution in [0.2, 0.25) is 0 Å². The third-order valence-corrected chi connectivity index (χ3v) is 3.62. The highest BCUT2D eigenvalue weighted by Gasteiger charge is 2.28. The lowest BCUT2D eigenvalue weighted by atomic mass is 9.98. The van der Waals surface area contributed by atoms with E-state index >= 15 is 0 Å². The molecule has 0 spiro atoms. The van der Waals surface area contributed by atoms with Crippen molar-refractivity contribution in [3.63, 3.8) is 0 Å². The Hall–Kier alpha value is -2.40. The fourth-order valence-electron chi connectivity index (χ4n) is 2.04. The maximum atomic E-state index is 13.3. The van der Waals surface area contributed by atoms with Crippen molar-refractivity contribution >= 4 is 27.7 Å². The molecule has 0 aliphatic carbocycles. The van der Waals surface area contributed by atoms with Gasteiger partial charge in [0.15, 0.2) is 0 Å². The van der Waals surface area contributed by atoms with Crippen molar-refractivity contribution in [1.82, 2.24) is 14.8 Å². The molecule has 0 radical (unpaired) electrons. The highest BCUT2D eigenvalue weighted by molar-refractivity contribution is 9.10. The van der Waals surface area contributed by atoms with Crippen molar-refractivity contribution in [2.24, 2.45) is 5.73 Å². The largest absolute Gasteiger partial charge is 0.383 e. The van der Waals surface area contributed by atoms with Crippen LogP contribution in [0.3, 0.4) is 0 Å². The molecule has 3 rings (SSSR count). The Labute approximate surface area is 121 Å². The molecule has 1 atom stereocenters. The standard InChI is InChI=1S/C12H8BrFN6/c13-8-3-6(1-2-9(8)14)10-7(4-15)11(16)20-12(19-10)17-5-18-20/h1-3,5,10H,16H2,(H,17,18,19)/t10-/m1/s1. The van der Waals surface area contributed by atoms with Gasteiger partial charge in [-0.2, -0.15) is 20.0 Å². The molecule has 1 aliphatic rings. The summed E-state index contributed by atoms with van der Waals surface area (Å²) >= 11 is 3.13. The summed E-state index contributed by atoms with van der Waals surface area (Å²) in [7, 11) is 0. The summed E-state index contributed by atoms with van der Waals surface area (Å²) < 4.78 is 15.0. The van der Waals surface area contributed by atoms with Crippen LogP contribution in [-0.2, 0) is 0 Å². The zero-order valence-electron chi connectivity index (χ0n) is 10.0. The molecule has 1 aliphatic heterocycles. The van der Waals surface area contributed by atoms with Gasteiger partial charge < -0.3 is 11.1 Å². The highest BCUT2D eigenvalue weighted by atomic mass is 79.9. The first-order chi connectivity index (χ1) is 9.61. The summed E-state index contributed by atoms with van der Waals surface area (Å²) in [5.41, 5.74) is 6.94. The number of anilines is 1. The second-order valence-corrected chi connectivity index (χ2v) is 5.01. The van der Waals surface area contributed by atoms with Gasteiger partial charge in [-0.25, -0.2) is 4.39 Å². The Balaban J connectivity index is 2.13. The molecule has 100 valence electrons. The van der Waals surface area contributed by atoms with Crippen LogP contribution in [0.4, 0.5) is 10.3 Å². The van der Waals surface area contributed by atoms with Gasteiger partial charge in [-0.15, -0.1) is 0 Å². The minimum Gasteiger partial charge on any atom is -0.383 e.